The van der Waals surface area contributed by atoms with Gasteiger partial charge < -0.3 is 10.8 Å². The summed E-state index contributed by atoms with van der Waals surface area (Å²) in [6.45, 7) is 0.276. The second kappa shape index (κ2) is 4.12. The Morgan fingerprint density at radius 3 is 2.57 bits per heavy atom. The molecule has 0 atom stereocenters. The highest BCUT2D eigenvalue weighted by Crippen LogP contribution is 1.95. The van der Waals surface area contributed by atoms with Crippen LogP contribution in [0.3, 0.4) is 0 Å². The molecule has 0 aliphatic heterocycles. The van der Waals surface area contributed by atoms with E-state index in [4.69, 9.17) is 22.4 Å². The molecule has 42 valence electrons. The molecule has 7 heavy (non-hydrogen) atoms. The summed E-state index contributed by atoms with van der Waals surface area (Å²) >= 11 is 5.30. The zero-order valence-corrected chi connectivity index (χ0v) is 4.65. The molecular formula is C4H8ClNO. The van der Waals surface area contributed by atoms with Gasteiger partial charge in [-0.05, 0) is 0 Å². The lowest BCUT2D eigenvalue weighted by Crippen LogP contribution is -1.95. The number of nitrogens with two attached hydrogens (primary N) is 1. The fourth-order valence-electron chi connectivity index (χ4n) is 0.192. The van der Waals surface area contributed by atoms with Crippen molar-refractivity contribution in [3.63, 3.8) is 0 Å². The van der Waals surface area contributed by atoms with Gasteiger partial charge in [-0.25, -0.2) is 0 Å². The number of rotatable bonds is 2. The molecule has 0 unspecified atom stereocenters. The molecule has 0 heterocycles. The maximum Gasteiger partial charge on any atom is 0.0785 e. The Morgan fingerprint density at radius 2 is 2.43 bits per heavy atom. The molecule has 0 fully saturated rings. The Labute approximate surface area is 47.6 Å². The lowest BCUT2D eigenvalue weighted by molar-refractivity contribution is 0.338. The first-order valence-electron chi connectivity index (χ1n) is 1.96. The first kappa shape index (κ1) is 6.95. The van der Waals surface area contributed by atoms with Crippen molar-refractivity contribution in [2.45, 2.75) is 0 Å². The van der Waals surface area contributed by atoms with Gasteiger partial charge in [0.05, 0.1) is 6.61 Å². The summed E-state index contributed by atoms with van der Waals surface area (Å²) in [5, 5.41) is 8.62. The summed E-state index contributed by atoms with van der Waals surface area (Å²) < 4.78 is 0. The van der Waals surface area contributed by atoms with E-state index in [1.165, 1.54) is 0 Å². The number of aliphatic hydroxyl groups excluding tert-OH is 1. The Hall–Kier alpha value is -0.0500. The van der Waals surface area contributed by atoms with Crippen molar-refractivity contribution >= 4 is 11.6 Å². The molecule has 0 aliphatic rings. The van der Waals surface area contributed by atoms with E-state index in [-0.39, 0.29) is 6.61 Å². The van der Waals surface area contributed by atoms with E-state index in [0.717, 1.165) is 0 Å². The van der Waals surface area contributed by atoms with Gasteiger partial charge >= 0.3 is 0 Å². The van der Waals surface area contributed by atoms with E-state index in [1.54, 1.807) is 6.08 Å². The average Bonchev–Trinajstić information content (AvgIpc) is 1.68. The molecule has 0 saturated carbocycles. The monoisotopic (exact) mass is 121 g/mol. The maximum atomic E-state index is 8.21. The minimum absolute atomic E-state index is 0.112. The summed E-state index contributed by atoms with van der Waals surface area (Å²) in [6.07, 6.45) is 1.56. The Morgan fingerprint density at radius 1 is 1.86 bits per heavy atom. The number of hydrogen-bond donors (Lipinski definition) is 2. The standard InChI is InChI=1S/C4H8ClNO/c5-4(3-7)1-2-6/h1,7H,2-3,6H2. The van der Waals surface area contributed by atoms with E-state index in [0.29, 0.717) is 11.6 Å². The molecule has 0 bridgehead atoms. The van der Waals surface area contributed by atoms with Crippen molar-refractivity contribution in [1.82, 2.24) is 0 Å². The highest BCUT2D eigenvalue weighted by Gasteiger charge is 1.81. The smallest absolute Gasteiger partial charge is 0.0785 e. The summed E-state index contributed by atoms with van der Waals surface area (Å²) in [7, 11) is 0. The van der Waals surface area contributed by atoms with Crippen LogP contribution in [0.5, 0.6) is 0 Å². The molecule has 0 aliphatic carbocycles. The van der Waals surface area contributed by atoms with Crippen molar-refractivity contribution in [1.29, 1.82) is 0 Å². The van der Waals surface area contributed by atoms with Crippen LogP contribution in [0.25, 0.3) is 0 Å². The number of halogens is 1. The first-order valence-corrected chi connectivity index (χ1v) is 2.34. The van der Waals surface area contributed by atoms with Crippen LogP contribution in [0, 0.1) is 0 Å². The SMILES string of the molecule is NCC=C(Cl)CO. The number of aliphatic hydroxyl groups is 1. The number of hydrogen-bond acceptors (Lipinski definition) is 2. The Bertz CT molecular complexity index is 72.1. The maximum absolute atomic E-state index is 8.21. The fourth-order valence-corrected chi connectivity index (χ4v) is 0.282. The minimum atomic E-state index is -0.112. The van der Waals surface area contributed by atoms with Crippen LogP contribution in [0.2, 0.25) is 0 Å². The van der Waals surface area contributed by atoms with E-state index < -0.39 is 0 Å². The van der Waals surface area contributed by atoms with Crippen molar-refractivity contribution in [3.05, 3.63) is 11.1 Å². The van der Waals surface area contributed by atoms with Crippen LogP contribution < -0.4 is 5.73 Å². The van der Waals surface area contributed by atoms with Crippen molar-refractivity contribution < 1.29 is 5.11 Å². The van der Waals surface area contributed by atoms with E-state index >= 15 is 0 Å². The molecule has 0 aromatic heterocycles. The van der Waals surface area contributed by atoms with Gasteiger partial charge in [0.15, 0.2) is 0 Å². The van der Waals surface area contributed by atoms with Gasteiger partial charge in [0.25, 0.3) is 0 Å². The van der Waals surface area contributed by atoms with Gasteiger partial charge in [0.1, 0.15) is 0 Å². The van der Waals surface area contributed by atoms with E-state index in [9.17, 15) is 0 Å². The molecule has 0 aromatic carbocycles. The largest absolute Gasteiger partial charge is 0.391 e. The van der Waals surface area contributed by atoms with Gasteiger partial charge in [-0.15, -0.1) is 0 Å². The predicted octanol–water partition coefficient (Wildman–Crippen LogP) is 0.0601. The molecule has 3 heteroatoms. The molecule has 0 radical (unpaired) electrons. The Balaban J connectivity index is 3.29. The van der Waals surface area contributed by atoms with Crippen LogP contribution in [0.4, 0.5) is 0 Å². The van der Waals surface area contributed by atoms with E-state index in [2.05, 4.69) is 0 Å². The predicted molar refractivity (Wildman–Crippen MR) is 30.1 cm³/mol. The average molecular weight is 122 g/mol. The molecule has 0 spiro atoms. The summed E-state index contributed by atoms with van der Waals surface area (Å²) in [6, 6.07) is 0. The lowest BCUT2D eigenvalue weighted by Gasteiger charge is -1.85. The summed E-state index contributed by atoms with van der Waals surface area (Å²) in [5.41, 5.74) is 5.03. The van der Waals surface area contributed by atoms with E-state index in [1.807, 2.05) is 0 Å². The van der Waals surface area contributed by atoms with Gasteiger partial charge in [-0.3, -0.25) is 0 Å². The van der Waals surface area contributed by atoms with Crippen LogP contribution in [-0.4, -0.2) is 18.3 Å². The fraction of sp³-hybridized carbons (Fsp3) is 0.500. The zero-order valence-electron chi connectivity index (χ0n) is 3.89. The summed E-state index contributed by atoms with van der Waals surface area (Å²) in [5.74, 6) is 0. The normalized spacial score (nSPS) is 12.1. The van der Waals surface area contributed by atoms with Crippen LogP contribution in [-0.2, 0) is 0 Å². The first-order chi connectivity index (χ1) is 3.31. The van der Waals surface area contributed by atoms with Crippen LogP contribution >= 0.6 is 11.6 Å². The lowest BCUT2D eigenvalue weighted by atomic mass is 10.5. The highest BCUT2D eigenvalue weighted by molar-refractivity contribution is 6.29. The Kier molecular flexibility index (Phi) is 4.09. The third-order valence-corrected chi connectivity index (χ3v) is 0.764. The molecule has 2 nitrogen and oxygen atoms in total. The molecule has 0 amide bonds. The highest BCUT2D eigenvalue weighted by atomic mass is 35.5. The van der Waals surface area contributed by atoms with Gasteiger partial charge in [0, 0.05) is 11.6 Å². The quantitative estimate of drug-likeness (QED) is 0.543. The van der Waals surface area contributed by atoms with Crippen molar-refractivity contribution in [2.24, 2.45) is 5.73 Å². The topological polar surface area (TPSA) is 46.2 Å². The second-order valence-electron chi connectivity index (χ2n) is 1.04. The summed E-state index contributed by atoms with van der Waals surface area (Å²) in [4.78, 5) is 0. The van der Waals surface area contributed by atoms with Crippen LogP contribution in [0.1, 0.15) is 0 Å². The second-order valence-corrected chi connectivity index (χ2v) is 1.53. The molecule has 0 rings (SSSR count). The minimum Gasteiger partial charge on any atom is -0.391 e. The molecular weight excluding hydrogens is 114 g/mol. The van der Waals surface area contributed by atoms with Crippen molar-refractivity contribution in [2.75, 3.05) is 13.2 Å². The molecule has 0 aromatic rings. The van der Waals surface area contributed by atoms with Gasteiger partial charge in [0.2, 0.25) is 0 Å². The van der Waals surface area contributed by atoms with Crippen molar-refractivity contribution in [3.8, 4) is 0 Å². The van der Waals surface area contributed by atoms with Crippen LogP contribution in [0.15, 0.2) is 11.1 Å². The molecule has 0 saturated heterocycles. The van der Waals surface area contributed by atoms with Gasteiger partial charge in [-0.2, -0.15) is 0 Å². The zero-order chi connectivity index (χ0) is 5.70. The van der Waals surface area contributed by atoms with Gasteiger partial charge in [-0.1, -0.05) is 17.7 Å². The third-order valence-electron chi connectivity index (χ3n) is 0.490. The third kappa shape index (κ3) is 3.79. The molecule has 3 N–H and O–H groups in total.